The number of rotatable bonds is 12. The third-order valence-corrected chi connectivity index (χ3v) is 9.07. The summed E-state index contributed by atoms with van der Waals surface area (Å²) >= 11 is 1.26. The number of H-pyrrole nitrogens is 1. The Morgan fingerprint density at radius 2 is 1.73 bits per heavy atom. The number of thioether (sulfide) groups is 1. The highest BCUT2D eigenvalue weighted by molar-refractivity contribution is 8.04. The van der Waals surface area contributed by atoms with Gasteiger partial charge in [-0.25, -0.2) is 14.4 Å². The van der Waals surface area contributed by atoms with Crippen molar-refractivity contribution in [2.75, 3.05) is 24.0 Å². The molecule has 0 aliphatic rings. The molecule has 2 aromatic carbocycles. The molecule has 0 fully saturated rings. The lowest BCUT2D eigenvalue weighted by molar-refractivity contribution is 0.224. The fraction of sp³-hybridized carbons (Fsp3) is 0.259. The normalized spacial score (nSPS) is 12.4. The minimum absolute atomic E-state index is 0.0553. The third-order valence-electron chi connectivity index (χ3n) is 5.52. The van der Waals surface area contributed by atoms with Crippen molar-refractivity contribution in [3.63, 3.8) is 0 Å². The van der Waals surface area contributed by atoms with Gasteiger partial charge in [0.15, 0.2) is 5.16 Å². The van der Waals surface area contributed by atoms with Crippen molar-refractivity contribution in [3.05, 3.63) is 84.3 Å². The standard InChI is InChI=1S/C27H30FN4O3PS/c1-4-34-36(33,35-5-2)18-37-27-31-25(21-11-13-23(28)14-12-21)26(32-27)22-15-16-29-24(17-22)30-19(3)20-9-7-6-8-10-20/h6-17,19H,4-5,18H2,1-3H3,(H,29,30)(H,31,32). The van der Waals surface area contributed by atoms with Gasteiger partial charge in [-0.3, -0.25) is 4.57 Å². The van der Waals surface area contributed by atoms with Gasteiger partial charge in [0.25, 0.3) is 0 Å². The highest BCUT2D eigenvalue weighted by Crippen LogP contribution is 2.52. The molecule has 2 heterocycles. The first-order valence-corrected chi connectivity index (χ1v) is 14.8. The van der Waals surface area contributed by atoms with E-state index in [9.17, 15) is 8.96 Å². The van der Waals surface area contributed by atoms with Gasteiger partial charge in [-0.2, -0.15) is 0 Å². The minimum Gasteiger partial charge on any atom is -0.364 e. The van der Waals surface area contributed by atoms with Crippen LogP contribution in [0.25, 0.3) is 22.5 Å². The first-order valence-electron chi connectivity index (χ1n) is 12.1. The predicted molar refractivity (Wildman–Crippen MR) is 147 cm³/mol. The first kappa shape index (κ1) is 27.1. The predicted octanol–water partition coefficient (Wildman–Crippen LogP) is 7.77. The van der Waals surface area contributed by atoms with Crippen molar-refractivity contribution in [2.45, 2.75) is 32.0 Å². The Bertz CT molecular complexity index is 1340. The molecule has 0 saturated heterocycles. The number of nitrogens with one attached hydrogen (secondary N) is 2. The van der Waals surface area contributed by atoms with Crippen molar-refractivity contribution < 1.29 is 18.0 Å². The van der Waals surface area contributed by atoms with Crippen LogP contribution in [0.4, 0.5) is 10.2 Å². The average Bonchev–Trinajstić information content (AvgIpc) is 3.33. The van der Waals surface area contributed by atoms with Crippen molar-refractivity contribution >= 4 is 25.2 Å². The summed E-state index contributed by atoms with van der Waals surface area (Å²) in [6, 6.07) is 20.2. The van der Waals surface area contributed by atoms with Crippen molar-refractivity contribution in [3.8, 4) is 22.5 Å². The third kappa shape index (κ3) is 7.08. The van der Waals surface area contributed by atoms with Crippen molar-refractivity contribution in [1.29, 1.82) is 0 Å². The Kier molecular flexibility index (Phi) is 9.16. The molecule has 10 heteroatoms. The summed E-state index contributed by atoms with van der Waals surface area (Å²) < 4.78 is 37.4. The molecule has 0 aliphatic carbocycles. The molecule has 2 aromatic heterocycles. The van der Waals surface area contributed by atoms with Crippen LogP contribution in [0.2, 0.25) is 0 Å². The van der Waals surface area contributed by atoms with Gasteiger partial charge in [0.2, 0.25) is 0 Å². The lowest BCUT2D eigenvalue weighted by Crippen LogP contribution is -2.07. The quantitative estimate of drug-likeness (QED) is 0.140. The fourth-order valence-corrected chi connectivity index (χ4v) is 6.71. The second-order valence-electron chi connectivity index (χ2n) is 8.20. The number of halogens is 1. The van der Waals surface area contributed by atoms with E-state index < -0.39 is 7.60 Å². The summed E-state index contributed by atoms with van der Waals surface area (Å²) in [5, 5.41) is 4.00. The van der Waals surface area contributed by atoms with Crippen LogP contribution in [-0.4, -0.2) is 33.7 Å². The molecular formula is C27H30FN4O3PS. The fourth-order valence-electron chi connectivity index (χ4n) is 3.80. The number of nitrogens with zero attached hydrogens (tertiary/aromatic N) is 2. The average molecular weight is 541 g/mol. The monoisotopic (exact) mass is 540 g/mol. The number of benzene rings is 2. The zero-order chi connectivity index (χ0) is 26.3. The molecule has 0 radical (unpaired) electrons. The van der Waals surface area contributed by atoms with Crippen LogP contribution in [0.1, 0.15) is 32.4 Å². The number of aromatic amines is 1. The van der Waals surface area contributed by atoms with Crippen molar-refractivity contribution in [1.82, 2.24) is 15.0 Å². The van der Waals surface area contributed by atoms with E-state index in [1.165, 1.54) is 23.9 Å². The van der Waals surface area contributed by atoms with Gasteiger partial charge in [0.1, 0.15) is 17.1 Å². The Balaban J connectivity index is 1.65. The summed E-state index contributed by atoms with van der Waals surface area (Å²) in [6.07, 6.45) is 1.73. The molecule has 0 amide bonds. The number of imidazole rings is 1. The van der Waals surface area contributed by atoms with Crippen LogP contribution in [-0.2, 0) is 13.6 Å². The second-order valence-corrected chi connectivity index (χ2v) is 11.6. The molecule has 37 heavy (non-hydrogen) atoms. The number of hydrogen-bond donors (Lipinski definition) is 2. The van der Waals surface area contributed by atoms with E-state index in [2.05, 4.69) is 34.3 Å². The summed E-state index contributed by atoms with van der Waals surface area (Å²) in [7, 11) is -3.26. The SMILES string of the molecule is CCOP(=O)(CSc1nc(-c2ccc(F)cc2)c(-c2ccnc(NC(C)c3ccccc3)c2)[nH]1)OCC. The number of aromatic nitrogens is 3. The Morgan fingerprint density at radius 3 is 2.41 bits per heavy atom. The Hall–Kier alpha value is -2.97. The van der Waals surface area contributed by atoms with E-state index in [1.807, 2.05) is 30.3 Å². The number of anilines is 1. The van der Waals surface area contributed by atoms with Gasteiger partial charge in [0, 0.05) is 23.4 Å². The molecule has 7 nitrogen and oxygen atoms in total. The van der Waals surface area contributed by atoms with E-state index in [4.69, 9.17) is 14.0 Å². The zero-order valence-electron chi connectivity index (χ0n) is 21.0. The van der Waals surface area contributed by atoms with Crippen LogP contribution >= 0.6 is 19.4 Å². The van der Waals surface area contributed by atoms with Gasteiger partial charge in [0.05, 0.1) is 24.6 Å². The van der Waals surface area contributed by atoms with Gasteiger partial charge in [-0.1, -0.05) is 42.1 Å². The van der Waals surface area contributed by atoms with E-state index in [-0.39, 0.29) is 30.6 Å². The molecule has 4 rings (SSSR count). The molecule has 194 valence electrons. The van der Waals surface area contributed by atoms with Gasteiger partial charge in [-0.15, -0.1) is 0 Å². The zero-order valence-corrected chi connectivity index (χ0v) is 22.7. The first-order chi connectivity index (χ1) is 17.9. The van der Waals surface area contributed by atoms with E-state index in [0.29, 0.717) is 16.7 Å². The highest BCUT2D eigenvalue weighted by atomic mass is 32.2. The molecule has 1 unspecified atom stereocenters. The van der Waals surface area contributed by atoms with Crippen LogP contribution in [0, 0.1) is 5.82 Å². The molecule has 1 atom stereocenters. The van der Waals surface area contributed by atoms with Crippen LogP contribution in [0.5, 0.6) is 0 Å². The molecule has 2 N–H and O–H groups in total. The largest absolute Gasteiger partial charge is 0.364 e. The number of hydrogen-bond acceptors (Lipinski definition) is 7. The number of pyridine rings is 1. The molecular weight excluding hydrogens is 510 g/mol. The van der Waals surface area contributed by atoms with Crippen LogP contribution in [0.15, 0.2) is 78.1 Å². The molecule has 0 spiro atoms. The topological polar surface area (TPSA) is 89.1 Å². The van der Waals surface area contributed by atoms with Gasteiger partial charge in [-0.05, 0) is 62.7 Å². The molecule has 0 saturated carbocycles. The Morgan fingerprint density at radius 1 is 1.03 bits per heavy atom. The lowest BCUT2D eigenvalue weighted by atomic mass is 10.1. The smallest absolute Gasteiger partial charge is 0.340 e. The van der Waals surface area contributed by atoms with Crippen LogP contribution in [0.3, 0.4) is 0 Å². The van der Waals surface area contributed by atoms with Crippen LogP contribution < -0.4 is 5.32 Å². The van der Waals surface area contributed by atoms with E-state index in [0.717, 1.165) is 22.4 Å². The van der Waals surface area contributed by atoms with E-state index >= 15 is 0 Å². The molecule has 0 bridgehead atoms. The maximum atomic E-state index is 13.6. The summed E-state index contributed by atoms with van der Waals surface area (Å²) in [4.78, 5) is 12.6. The minimum atomic E-state index is -3.26. The molecule has 0 aliphatic heterocycles. The Labute approximate surface area is 220 Å². The maximum absolute atomic E-state index is 13.6. The molecule has 4 aromatic rings. The lowest BCUT2D eigenvalue weighted by Gasteiger charge is -2.15. The van der Waals surface area contributed by atoms with Gasteiger partial charge >= 0.3 is 7.60 Å². The van der Waals surface area contributed by atoms with Gasteiger partial charge < -0.3 is 19.3 Å². The summed E-state index contributed by atoms with van der Waals surface area (Å²) in [6.45, 7) is 6.21. The second kappa shape index (κ2) is 12.5. The van der Waals surface area contributed by atoms with Crippen molar-refractivity contribution in [2.24, 2.45) is 0 Å². The summed E-state index contributed by atoms with van der Waals surface area (Å²) in [5.41, 5.74) is 4.26. The van der Waals surface area contributed by atoms with E-state index in [1.54, 1.807) is 32.2 Å². The highest BCUT2D eigenvalue weighted by Gasteiger charge is 2.25. The summed E-state index contributed by atoms with van der Waals surface area (Å²) in [5.74, 6) is 0.384. The maximum Gasteiger partial charge on any atom is 0.340 e.